The first kappa shape index (κ1) is 17.8. The molecule has 0 aliphatic carbocycles. The van der Waals surface area contributed by atoms with Crippen molar-refractivity contribution in [3.63, 3.8) is 0 Å². The summed E-state index contributed by atoms with van der Waals surface area (Å²) in [5, 5.41) is 11.5. The Labute approximate surface area is 130 Å². The Kier molecular flexibility index (Phi) is 7.22. The van der Waals surface area contributed by atoms with Crippen LogP contribution in [0.25, 0.3) is 0 Å². The molecule has 1 unspecified atom stereocenters. The topological polar surface area (TPSA) is 84.9 Å². The van der Waals surface area contributed by atoms with Gasteiger partial charge in [0.25, 0.3) is 0 Å². The third-order valence-corrected chi connectivity index (χ3v) is 2.98. The summed E-state index contributed by atoms with van der Waals surface area (Å²) < 4.78 is 10.9. The number of carbonyl (C=O) groups is 2. The van der Waals surface area contributed by atoms with Crippen molar-refractivity contribution in [3.8, 4) is 11.5 Å². The maximum Gasteiger partial charge on any atom is 0.326 e. The van der Waals surface area contributed by atoms with E-state index in [1.165, 1.54) is 0 Å². The van der Waals surface area contributed by atoms with Crippen LogP contribution in [-0.2, 0) is 9.59 Å². The van der Waals surface area contributed by atoms with Crippen molar-refractivity contribution in [3.05, 3.63) is 24.3 Å². The Hall–Kier alpha value is -2.24. The molecule has 2 N–H and O–H groups in total. The zero-order valence-corrected chi connectivity index (χ0v) is 13.2. The molecule has 1 aromatic rings. The Morgan fingerprint density at radius 2 is 1.77 bits per heavy atom. The first-order valence-corrected chi connectivity index (χ1v) is 7.32. The number of carbonyl (C=O) groups excluding carboxylic acids is 1. The van der Waals surface area contributed by atoms with Crippen molar-refractivity contribution in [1.82, 2.24) is 5.32 Å². The molecule has 0 spiro atoms. The molecule has 0 aliphatic rings. The highest BCUT2D eigenvalue weighted by atomic mass is 16.5. The van der Waals surface area contributed by atoms with E-state index in [4.69, 9.17) is 14.6 Å². The van der Waals surface area contributed by atoms with Crippen molar-refractivity contribution >= 4 is 11.9 Å². The molecule has 0 radical (unpaired) electrons. The summed E-state index contributed by atoms with van der Waals surface area (Å²) in [5.74, 6) is -0.381. The zero-order valence-electron chi connectivity index (χ0n) is 13.2. The lowest BCUT2D eigenvalue weighted by atomic mass is 10.0. The monoisotopic (exact) mass is 309 g/mol. The third kappa shape index (κ3) is 5.63. The molecule has 6 nitrogen and oxygen atoms in total. The smallest absolute Gasteiger partial charge is 0.326 e. The van der Waals surface area contributed by atoms with Crippen LogP contribution in [0.15, 0.2) is 24.3 Å². The fraction of sp³-hybridized carbons (Fsp3) is 0.500. The molecule has 22 heavy (non-hydrogen) atoms. The van der Waals surface area contributed by atoms with Gasteiger partial charge in [0.1, 0.15) is 6.04 Å². The van der Waals surface area contributed by atoms with Crippen LogP contribution in [0.4, 0.5) is 0 Å². The minimum Gasteiger partial charge on any atom is -0.490 e. The predicted octanol–water partition coefficient (Wildman–Crippen LogP) is 2.08. The molecule has 0 fully saturated rings. The van der Waals surface area contributed by atoms with Gasteiger partial charge < -0.3 is 19.9 Å². The molecule has 0 saturated heterocycles. The normalized spacial score (nSPS) is 11.8. The van der Waals surface area contributed by atoms with Crippen LogP contribution in [0.2, 0.25) is 0 Å². The van der Waals surface area contributed by atoms with E-state index in [0.29, 0.717) is 18.1 Å². The van der Waals surface area contributed by atoms with E-state index in [0.717, 1.165) is 0 Å². The molecular weight excluding hydrogens is 286 g/mol. The second-order valence-corrected chi connectivity index (χ2v) is 5.11. The molecule has 1 amide bonds. The summed E-state index contributed by atoms with van der Waals surface area (Å²) in [6.07, 6.45) is 0.0803. The fourth-order valence-corrected chi connectivity index (χ4v) is 1.86. The molecule has 1 atom stereocenters. The van der Waals surface area contributed by atoms with Crippen molar-refractivity contribution in [2.45, 2.75) is 33.2 Å². The molecule has 122 valence electrons. The summed E-state index contributed by atoms with van der Waals surface area (Å²) in [5.41, 5.74) is 0. The number of nitrogens with one attached hydrogen (secondary N) is 1. The van der Waals surface area contributed by atoms with E-state index in [1.807, 2.05) is 19.1 Å². The molecule has 0 aliphatic heterocycles. The lowest BCUT2D eigenvalue weighted by molar-refractivity contribution is -0.143. The number of carboxylic acids is 1. The van der Waals surface area contributed by atoms with E-state index >= 15 is 0 Å². The quantitative estimate of drug-likeness (QED) is 0.729. The van der Waals surface area contributed by atoms with E-state index < -0.39 is 12.0 Å². The van der Waals surface area contributed by atoms with Crippen LogP contribution in [0, 0.1) is 5.92 Å². The third-order valence-electron chi connectivity index (χ3n) is 2.98. The van der Waals surface area contributed by atoms with Crippen LogP contribution >= 0.6 is 0 Å². The van der Waals surface area contributed by atoms with Gasteiger partial charge in [-0.3, -0.25) is 4.79 Å². The summed E-state index contributed by atoms with van der Waals surface area (Å²) >= 11 is 0. The number of amides is 1. The molecule has 6 heteroatoms. The summed E-state index contributed by atoms with van der Waals surface area (Å²) in [7, 11) is 0. The number of benzene rings is 1. The maximum atomic E-state index is 11.8. The predicted molar refractivity (Wildman–Crippen MR) is 82.1 cm³/mol. The van der Waals surface area contributed by atoms with Gasteiger partial charge in [0.15, 0.2) is 11.5 Å². The molecule has 1 rings (SSSR count). The van der Waals surface area contributed by atoms with Crippen LogP contribution in [0.1, 0.15) is 27.2 Å². The Morgan fingerprint density at radius 1 is 1.18 bits per heavy atom. The molecule has 0 saturated carbocycles. The van der Waals surface area contributed by atoms with Crippen LogP contribution in [0.3, 0.4) is 0 Å². The molecule has 0 heterocycles. The Bertz CT molecular complexity index is 501. The first-order chi connectivity index (χ1) is 10.5. The lowest BCUT2D eigenvalue weighted by Gasteiger charge is -2.18. The average molecular weight is 309 g/mol. The molecule has 1 aromatic carbocycles. The van der Waals surface area contributed by atoms with Gasteiger partial charge in [-0.15, -0.1) is 0 Å². The number of ether oxygens (including phenoxy) is 2. The molecular formula is C16H23NO5. The van der Waals surface area contributed by atoms with Gasteiger partial charge in [0, 0.05) is 0 Å². The summed E-state index contributed by atoms with van der Waals surface area (Å²) in [6, 6.07) is 6.32. The average Bonchev–Trinajstić information content (AvgIpc) is 2.46. The van der Waals surface area contributed by atoms with E-state index in [2.05, 4.69) is 5.32 Å². The second-order valence-electron chi connectivity index (χ2n) is 5.11. The van der Waals surface area contributed by atoms with Gasteiger partial charge in [0.2, 0.25) is 5.91 Å². The van der Waals surface area contributed by atoms with Gasteiger partial charge in [-0.25, -0.2) is 4.79 Å². The van der Waals surface area contributed by atoms with Crippen molar-refractivity contribution < 1.29 is 24.2 Å². The summed E-state index contributed by atoms with van der Waals surface area (Å²) in [6.45, 7) is 6.04. The first-order valence-electron chi connectivity index (χ1n) is 7.32. The zero-order chi connectivity index (χ0) is 16.5. The van der Waals surface area contributed by atoms with E-state index in [1.54, 1.807) is 26.0 Å². The van der Waals surface area contributed by atoms with Crippen LogP contribution < -0.4 is 14.8 Å². The summed E-state index contributed by atoms with van der Waals surface area (Å²) in [4.78, 5) is 22.8. The molecule has 0 aromatic heterocycles. The minimum absolute atomic E-state index is 0.0803. The lowest BCUT2D eigenvalue weighted by Crippen LogP contribution is -2.44. The number of carboxylic acid groups (broad SMARTS) is 1. The van der Waals surface area contributed by atoms with Crippen LogP contribution in [-0.4, -0.2) is 36.2 Å². The highest BCUT2D eigenvalue weighted by molar-refractivity contribution is 5.83. The Morgan fingerprint density at radius 3 is 2.27 bits per heavy atom. The van der Waals surface area contributed by atoms with Crippen molar-refractivity contribution in [1.29, 1.82) is 0 Å². The minimum atomic E-state index is -1.04. The van der Waals surface area contributed by atoms with E-state index in [9.17, 15) is 9.59 Å². The van der Waals surface area contributed by atoms with E-state index in [-0.39, 0.29) is 24.9 Å². The Balaban J connectivity index is 2.47. The van der Waals surface area contributed by atoms with Gasteiger partial charge in [0.05, 0.1) is 19.6 Å². The van der Waals surface area contributed by atoms with Crippen molar-refractivity contribution in [2.24, 2.45) is 5.92 Å². The fourth-order valence-electron chi connectivity index (χ4n) is 1.86. The number of hydrogen-bond donors (Lipinski definition) is 2. The SMILES string of the molecule is CCOc1ccccc1OCCC(=O)NC(C(=O)O)C(C)C. The molecule has 0 bridgehead atoms. The van der Waals surface area contributed by atoms with Gasteiger partial charge in [-0.1, -0.05) is 26.0 Å². The highest BCUT2D eigenvalue weighted by Gasteiger charge is 2.23. The number of para-hydroxylation sites is 2. The van der Waals surface area contributed by atoms with Gasteiger partial charge in [-0.05, 0) is 25.0 Å². The second kappa shape index (κ2) is 8.92. The highest BCUT2D eigenvalue weighted by Crippen LogP contribution is 2.26. The largest absolute Gasteiger partial charge is 0.490 e. The number of rotatable bonds is 9. The standard InChI is InChI=1S/C16H23NO5/c1-4-21-12-7-5-6-8-13(12)22-10-9-14(18)17-15(11(2)3)16(19)20/h5-8,11,15H,4,9-10H2,1-3H3,(H,17,18)(H,19,20). The number of aliphatic carboxylic acids is 1. The number of hydrogen-bond acceptors (Lipinski definition) is 4. The van der Waals surface area contributed by atoms with Gasteiger partial charge >= 0.3 is 5.97 Å². The van der Waals surface area contributed by atoms with Crippen LogP contribution in [0.5, 0.6) is 11.5 Å². The maximum absolute atomic E-state index is 11.8. The van der Waals surface area contributed by atoms with Crippen molar-refractivity contribution in [2.75, 3.05) is 13.2 Å². The van der Waals surface area contributed by atoms with Gasteiger partial charge in [-0.2, -0.15) is 0 Å².